The second-order valence-electron chi connectivity index (χ2n) is 7.11. The highest BCUT2D eigenvalue weighted by atomic mass is 16.5. The van der Waals surface area contributed by atoms with Gasteiger partial charge in [-0.2, -0.15) is 4.98 Å². The van der Waals surface area contributed by atoms with E-state index in [-0.39, 0.29) is 31.2 Å². The highest BCUT2D eigenvalue weighted by molar-refractivity contribution is 5.95. The Labute approximate surface area is 191 Å². The Kier molecular flexibility index (Phi) is 7.85. The number of hydrogen-bond donors (Lipinski definition) is 2. The molecule has 0 spiro atoms. The summed E-state index contributed by atoms with van der Waals surface area (Å²) in [6, 6.07) is 10.7. The zero-order valence-corrected chi connectivity index (χ0v) is 18.9. The maximum Gasteiger partial charge on any atom is 0.243 e. The quantitative estimate of drug-likeness (QED) is 0.479. The molecule has 0 aliphatic heterocycles. The molecular formula is C23H26N4O6. The smallest absolute Gasteiger partial charge is 0.243 e. The van der Waals surface area contributed by atoms with E-state index < -0.39 is 0 Å². The summed E-state index contributed by atoms with van der Waals surface area (Å²) in [7, 11) is 4.62. The molecular weight excluding hydrogens is 428 g/mol. The summed E-state index contributed by atoms with van der Waals surface area (Å²) in [5, 5.41) is 9.26. The topological polar surface area (TPSA) is 125 Å². The van der Waals surface area contributed by atoms with Crippen LogP contribution in [-0.2, 0) is 16.0 Å². The molecule has 0 aliphatic carbocycles. The van der Waals surface area contributed by atoms with Crippen molar-refractivity contribution < 1.29 is 28.3 Å². The second kappa shape index (κ2) is 11.0. The molecule has 10 nitrogen and oxygen atoms in total. The first-order valence-corrected chi connectivity index (χ1v) is 10.2. The molecule has 2 N–H and O–H groups in total. The number of benzene rings is 2. The number of ether oxygens (including phenoxy) is 3. The van der Waals surface area contributed by atoms with Crippen LogP contribution in [0.2, 0.25) is 0 Å². The van der Waals surface area contributed by atoms with Gasteiger partial charge in [0.15, 0.2) is 11.5 Å². The highest BCUT2D eigenvalue weighted by Gasteiger charge is 2.14. The van der Waals surface area contributed by atoms with Crippen LogP contribution >= 0.6 is 0 Å². The van der Waals surface area contributed by atoms with Crippen LogP contribution in [0, 0.1) is 6.92 Å². The van der Waals surface area contributed by atoms with E-state index in [1.54, 1.807) is 44.6 Å². The fraction of sp³-hybridized carbons (Fsp3) is 0.304. The van der Waals surface area contributed by atoms with E-state index in [4.69, 9.17) is 18.7 Å². The zero-order chi connectivity index (χ0) is 23.8. The minimum absolute atomic E-state index is 0.0919. The predicted octanol–water partition coefficient (Wildman–Crippen LogP) is 2.76. The van der Waals surface area contributed by atoms with Crippen molar-refractivity contribution in [3.05, 3.63) is 47.9 Å². The standard InChI is InChI=1S/C23H26N4O6/c1-14-5-7-17(30-2)16(11-14)25-21(29)13-24-20(28)9-10-22-26-23(27-33-22)15-6-8-18(31-3)19(12-15)32-4/h5-8,11-12H,9-10,13H2,1-4H3,(H,24,28)(H,25,29). The van der Waals surface area contributed by atoms with Crippen molar-refractivity contribution in [2.75, 3.05) is 33.2 Å². The van der Waals surface area contributed by atoms with E-state index in [2.05, 4.69) is 20.8 Å². The SMILES string of the molecule is COc1ccc(C)cc1NC(=O)CNC(=O)CCc1nc(-c2ccc(OC)c(OC)c2)no1. The molecule has 2 aromatic carbocycles. The maximum absolute atomic E-state index is 12.2. The molecule has 10 heteroatoms. The maximum atomic E-state index is 12.2. The lowest BCUT2D eigenvalue weighted by Crippen LogP contribution is -2.33. The lowest BCUT2D eigenvalue weighted by molar-refractivity contribution is -0.124. The van der Waals surface area contributed by atoms with Crippen LogP contribution in [0.1, 0.15) is 17.9 Å². The highest BCUT2D eigenvalue weighted by Crippen LogP contribution is 2.31. The van der Waals surface area contributed by atoms with Gasteiger partial charge in [0.05, 0.1) is 33.6 Å². The fourth-order valence-electron chi connectivity index (χ4n) is 3.05. The number of nitrogens with one attached hydrogen (secondary N) is 2. The van der Waals surface area contributed by atoms with Gasteiger partial charge in [0.1, 0.15) is 5.75 Å². The van der Waals surface area contributed by atoms with E-state index in [9.17, 15) is 9.59 Å². The molecule has 0 atom stereocenters. The number of hydrogen-bond acceptors (Lipinski definition) is 8. The van der Waals surface area contributed by atoms with E-state index in [0.717, 1.165) is 5.56 Å². The van der Waals surface area contributed by atoms with Gasteiger partial charge in [-0.3, -0.25) is 9.59 Å². The average molecular weight is 454 g/mol. The van der Waals surface area contributed by atoms with E-state index in [1.807, 2.05) is 13.0 Å². The first kappa shape index (κ1) is 23.6. The number of aryl methyl sites for hydroxylation is 2. The third kappa shape index (κ3) is 6.22. The molecule has 3 aromatic rings. The first-order valence-electron chi connectivity index (χ1n) is 10.2. The normalized spacial score (nSPS) is 10.4. The van der Waals surface area contributed by atoms with Crippen LogP contribution in [0.25, 0.3) is 11.4 Å². The lowest BCUT2D eigenvalue weighted by atomic mass is 10.2. The molecule has 174 valence electrons. The summed E-state index contributed by atoms with van der Waals surface area (Å²) in [5.41, 5.74) is 2.21. The molecule has 0 bridgehead atoms. The summed E-state index contributed by atoms with van der Waals surface area (Å²) in [5.74, 6) is 1.69. The molecule has 0 fully saturated rings. The zero-order valence-electron chi connectivity index (χ0n) is 18.9. The molecule has 0 saturated heterocycles. The van der Waals surface area contributed by atoms with Crippen molar-refractivity contribution in [3.63, 3.8) is 0 Å². The van der Waals surface area contributed by atoms with Crippen molar-refractivity contribution in [2.45, 2.75) is 19.8 Å². The largest absolute Gasteiger partial charge is 0.495 e. The van der Waals surface area contributed by atoms with Crippen molar-refractivity contribution in [1.29, 1.82) is 0 Å². The van der Waals surface area contributed by atoms with Gasteiger partial charge in [-0.1, -0.05) is 11.2 Å². The Morgan fingerprint density at radius 2 is 1.67 bits per heavy atom. The minimum Gasteiger partial charge on any atom is -0.495 e. The summed E-state index contributed by atoms with van der Waals surface area (Å²) in [6.07, 6.45) is 0.327. The van der Waals surface area contributed by atoms with Gasteiger partial charge in [-0.25, -0.2) is 0 Å². The molecule has 1 aromatic heterocycles. The van der Waals surface area contributed by atoms with Gasteiger partial charge >= 0.3 is 0 Å². The van der Waals surface area contributed by atoms with Gasteiger partial charge in [0.2, 0.25) is 23.5 Å². The number of anilines is 1. The van der Waals surface area contributed by atoms with Gasteiger partial charge in [0.25, 0.3) is 0 Å². The Balaban J connectivity index is 1.49. The van der Waals surface area contributed by atoms with Crippen LogP contribution < -0.4 is 24.8 Å². The molecule has 3 rings (SSSR count). The first-order chi connectivity index (χ1) is 15.9. The van der Waals surface area contributed by atoms with Crippen LogP contribution in [0.5, 0.6) is 17.2 Å². The van der Waals surface area contributed by atoms with Crippen molar-refractivity contribution in [1.82, 2.24) is 15.5 Å². The van der Waals surface area contributed by atoms with Gasteiger partial charge in [-0.05, 0) is 42.8 Å². The summed E-state index contributed by atoms with van der Waals surface area (Å²) in [6.45, 7) is 1.74. The Bertz CT molecular complexity index is 1130. The molecule has 0 saturated carbocycles. The molecule has 0 aliphatic rings. The Morgan fingerprint density at radius 1 is 0.939 bits per heavy atom. The van der Waals surface area contributed by atoms with Crippen molar-refractivity contribution in [2.24, 2.45) is 0 Å². The Hall–Kier alpha value is -4.08. The van der Waals surface area contributed by atoms with E-state index >= 15 is 0 Å². The van der Waals surface area contributed by atoms with Crippen molar-refractivity contribution in [3.8, 4) is 28.6 Å². The van der Waals surface area contributed by atoms with Gasteiger partial charge in [0, 0.05) is 18.4 Å². The lowest BCUT2D eigenvalue weighted by Gasteiger charge is -2.11. The predicted molar refractivity (Wildman–Crippen MR) is 121 cm³/mol. The third-order valence-electron chi connectivity index (χ3n) is 4.75. The molecule has 1 heterocycles. The van der Waals surface area contributed by atoms with E-state index in [0.29, 0.717) is 40.2 Å². The molecule has 2 amide bonds. The molecule has 33 heavy (non-hydrogen) atoms. The van der Waals surface area contributed by atoms with Gasteiger partial charge in [-0.15, -0.1) is 0 Å². The summed E-state index contributed by atoms with van der Waals surface area (Å²) < 4.78 is 21.0. The molecule has 0 radical (unpaired) electrons. The minimum atomic E-state index is -0.360. The van der Waals surface area contributed by atoms with Crippen molar-refractivity contribution >= 4 is 17.5 Å². The van der Waals surface area contributed by atoms with Crippen LogP contribution in [0.3, 0.4) is 0 Å². The average Bonchev–Trinajstić information content (AvgIpc) is 3.30. The number of nitrogens with zero attached hydrogens (tertiary/aromatic N) is 2. The van der Waals surface area contributed by atoms with Crippen LogP contribution in [0.15, 0.2) is 40.9 Å². The second-order valence-corrected chi connectivity index (χ2v) is 7.11. The number of rotatable bonds is 10. The van der Waals surface area contributed by atoms with Gasteiger partial charge < -0.3 is 29.4 Å². The summed E-state index contributed by atoms with van der Waals surface area (Å²) in [4.78, 5) is 28.6. The number of aromatic nitrogens is 2. The number of carbonyl (C=O) groups excluding carboxylic acids is 2. The van der Waals surface area contributed by atoms with Crippen LogP contribution in [0.4, 0.5) is 5.69 Å². The third-order valence-corrected chi connectivity index (χ3v) is 4.75. The number of carbonyl (C=O) groups is 2. The molecule has 0 unspecified atom stereocenters. The Morgan fingerprint density at radius 3 is 2.39 bits per heavy atom. The monoisotopic (exact) mass is 454 g/mol. The van der Waals surface area contributed by atoms with E-state index in [1.165, 1.54) is 7.11 Å². The fourth-order valence-corrected chi connectivity index (χ4v) is 3.05. The summed E-state index contributed by atoms with van der Waals surface area (Å²) >= 11 is 0. The van der Waals surface area contributed by atoms with Crippen LogP contribution in [-0.4, -0.2) is 49.8 Å². The number of methoxy groups -OCH3 is 3. The number of amides is 2.